The van der Waals surface area contributed by atoms with Gasteiger partial charge in [-0.3, -0.25) is 9.59 Å². The maximum absolute atomic E-state index is 13.3. The van der Waals surface area contributed by atoms with Gasteiger partial charge in [0, 0.05) is 24.6 Å². The van der Waals surface area contributed by atoms with Gasteiger partial charge in [-0.1, -0.05) is 11.2 Å². The molecule has 8 heteroatoms. The number of amides is 2. The highest BCUT2D eigenvalue weighted by molar-refractivity contribution is 5.79. The fraction of sp³-hybridized carbons (Fsp3) is 0.450. The first-order chi connectivity index (χ1) is 13.3. The largest absolute Gasteiger partial charge is 0.361 e. The summed E-state index contributed by atoms with van der Waals surface area (Å²) in [5, 5.41) is 6.82. The van der Waals surface area contributed by atoms with Crippen LogP contribution in [0.3, 0.4) is 0 Å². The summed E-state index contributed by atoms with van der Waals surface area (Å²) < 4.78 is 31.4. The van der Waals surface area contributed by atoms with Crippen LogP contribution in [0.15, 0.2) is 22.7 Å². The van der Waals surface area contributed by atoms with E-state index in [9.17, 15) is 18.4 Å². The average molecular weight is 391 g/mol. The van der Waals surface area contributed by atoms with Crippen LogP contribution in [0.4, 0.5) is 8.78 Å². The van der Waals surface area contributed by atoms with E-state index >= 15 is 0 Å². The quantitative estimate of drug-likeness (QED) is 0.851. The van der Waals surface area contributed by atoms with Crippen molar-refractivity contribution in [3.8, 4) is 0 Å². The molecule has 1 aromatic heterocycles. The van der Waals surface area contributed by atoms with Crippen molar-refractivity contribution in [3.05, 3.63) is 52.4 Å². The Balaban J connectivity index is 1.56. The summed E-state index contributed by atoms with van der Waals surface area (Å²) in [6.07, 6.45) is 1.46. The molecule has 2 aromatic rings. The van der Waals surface area contributed by atoms with Crippen LogP contribution in [0.5, 0.6) is 0 Å². The SMILES string of the molecule is Cc1noc(C)c1CN1CCC(NC(=O)Cc2ccc(F)c(F)c2)CCC1=O. The monoisotopic (exact) mass is 391 g/mol. The van der Waals surface area contributed by atoms with Gasteiger partial charge in [0.2, 0.25) is 11.8 Å². The van der Waals surface area contributed by atoms with Crippen molar-refractivity contribution in [2.24, 2.45) is 0 Å². The van der Waals surface area contributed by atoms with Gasteiger partial charge in [0.05, 0.1) is 18.7 Å². The van der Waals surface area contributed by atoms with Crippen molar-refractivity contribution in [1.29, 1.82) is 0 Å². The van der Waals surface area contributed by atoms with Gasteiger partial charge in [0.15, 0.2) is 11.6 Å². The van der Waals surface area contributed by atoms with Crippen molar-refractivity contribution >= 4 is 11.8 Å². The van der Waals surface area contributed by atoms with E-state index in [1.807, 2.05) is 13.8 Å². The van der Waals surface area contributed by atoms with E-state index in [1.54, 1.807) is 4.90 Å². The van der Waals surface area contributed by atoms with Crippen molar-refractivity contribution < 1.29 is 22.9 Å². The number of rotatable bonds is 5. The van der Waals surface area contributed by atoms with E-state index < -0.39 is 11.6 Å². The maximum Gasteiger partial charge on any atom is 0.224 e. The highest BCUT2D eigenvalue weighted by Gasteiger charge is 2.25. The summed E-state index contributed by atoms with van der Waals surface area (Å²) in [7, 11) is 0. The van der Waals surface area contributed by atoms with Gasteiger partial charge in [0.1, 0.15) is 5.76 Å². The maximum atomic E-state index is 13.3. The van der Waals surface area contributed by atoms with Crippen LogP contribution in [0.1, 0.15) is 41.8 Å². The molecule has 28 heavy (non-hydrogen) atoms. The Morgan fingerprint density at radius 2 is 2.07 bits per heavy atom. The predicted molar refractivity (Wildman–Crippen MR) is 97.2 cm³/mol. The van der Waals surface area contributed by atoms with Crippen molar-refractivity contribution in [2.75, 3.05) is 6.54 Å². The molecule has 2 heterocycles. The van der Waals surface area contributed by atoms with Crippen LogP contribution < -0.4 is 5.32 Å². The minimum atomic E-state index is -0.972. The molecule has 1 aliphatic rings. The van der Waals surface area contributed by atoms with E-state index in [2.05, 4.69) is 10.5 Å². The molecule has 1 aliphatic heterocycles. The molecule has 1 atom stereocenters. The summed E-state index contributed by atoms with van der Waals surface area (Å²) in [4.78, 5) is 26.4. The molecule has 2 amide bonds. The van der Waals surface area contributed by atoms with E-state index in [-0.39, 0.29) is 24.3 Å². The zero-order valence-corrected chi connectivity index (χ0v) is 15.9. The van der Waals surface area contributed by atoms with Gasteiger partial charge in [-0.2, -0.15) is 0 Å². The van der Waals surface area contributed by atoms with Gasteiger partial charge in [-0.25, -0.2) is 8.78 Å². The van der Waals surface area contributed by atoms with Gasteiger partial charge < -0.3 is 14.7 Å². The number of carbonyl (C=O) groups excluding carboxylic acids is 2. The molecule has 0 bridgehead atoms. The molecular weight excluding hydrogens is 368 g/mol. The predicted octanol–water partition coefficient (Wildman–Crippen LogP) is 2.81. The zero-order valence-electron chi connectivity index (χ0n) is 15.9. The van der Waals surface area contributed by atoms with E-state index in [0.717, 1.165) is 23.4 Å². The van der Waals surface area contributed by atoms with Crippen LogP contribution in [0.2, 0.25) is 0 Å². The smallest absolute Gasteiger partial charge is 0.224 e. The fourth-order valence-electron chi connectivity index (χ4n) is 3.38. The number of hydrogen-bond acceptors (Lipinski definition) is 4. The zero-order chi connectivity index (χ0) is 20.3. The Morgan fingerprint density at radius 1 is 1.29 bits per heavy atom. The average Bonchev–Trinajstić information content (AvgIpc) is 2.85. The molecule has 1 fully saturated rings. The molecule has 6 nitrogen and oxygen atoms in total. The highest BCUT2D eigenvalue weighted by atomic mass is 19.2. The lowest BCUT2D eigenvalue weighted by Crippen LogP contribution is -2.36. The lowest BCUT2D eigenvalue weighted by Gasteiger charge is -2.21. The number of aromatic nitrogens is 1. The van der Waals surface area contributed by atoms with Gasteiger partial charge in [-0.05, 0) is 44.4 Å². The van der Waals surface area contributed by atoms with Crippen LogP contribution in [-0.4, -0.2) is 34.5 Å². The first kappa shape index (κ1) is 20.0. The third-order valence-electron chi connectivity index (χ3n) is 5.05. The van der Waals surface area contributed by atoms with Crippen molar-refractivity contribution in [1.82, 2.24) is 15.4 Å². The second kappa shape index (κ2) is 8.50. The number of nitrogens with one attached hydrogen (secondary N) is 1. The van der Waals surface area contributed by atoms with E-state index in [1.165, 1.54) is 6.07 Å². The number of benzene rings is 1. The number of nitrogens with zero attached hydrogens (tertiary/aromatic N) is 2. The standard InChI is InChI=1S/C20H23F2N3O3/c1-12-16(13(2)28-24-12)11-25-8-7-15(4-6-20(25)27)23-19(26)10-14-3-5-17(21)18(22)9-14/h3,5,9,15H,4,6-8,10-11H2,1-2H3,(H,23,26). The van der Waals surface area contributed by atoms with Crippen LogP contribution in [-0.2, 0) is 22.6 Å². The number of likely N-dealkylation sites (tertiary alicyclic amines) is 1. The molecule has 3 rings (SSSR count). The van der Waals surface area contributed by atoms with Gasteiger partial charge in [-0.15, -0.1) is 0 Å². The summed E-state index contributed by atoms with van der Waals surface area (Å²) in [6, 6.07) is 3.28. The van der Waals surface area contributed by atoms with Gasteiger partial charge >= 0.3 is 0 Å². The van der Waals surface area contributed by atoms with Crippen LogP contribution in [0, 0.1) is 25.5 Å². The summed E-state index contributed by atoms with van der Waals surface area (Å²) in [5.74, 6) is -1.46. The molecule has 150 valence electrons. The van der Waals surface area contributed by atoms with Crippen molar-refractivity contribution in [3.63, 3.8) is 0 Å². The summed E-state index contributed by atoms with van der Waals surface area (Å²) in [6.45, 7) is 4.61. The number of hydrogen-bond donors (Lipinski definition) is 1. The number of aryl methyl sites for hydroxylation is 2. The molecule has 0 aliphatic carbocycles. The molecule has 1 aromatic carbocycles. The second-order valence-corrected chi connectivity index (χ2v) is 7.14. The number of halogens is 2. The Hall–Kier alpha value is -2.77. The normalized spacial score (nSPS) is 17.5. The first-order valence-corrected chi connectivity index (χ1v) is 9.26. The molecule has 1 saturated heterocycles. The first-order valence-electron chi connectivity index (χ1n) is 9.26. The minimum Gasteiger partial charge on any atom is -0.361 e. The third kappa shape index (κ3) is 4.74. The van der Waals surface area contributed by atoms with E-state index in [0.29, 0.717) is 43.7 Å². The Bertz CT molecular complexity index is 862. The Kier molecular flexibility index (Phi) is 6.06. The topological polar surface area (TPSA) is 75.4 Å². The molecule has 0 radical (unpaired) electrons. The third-order valence-corrected chi connectivity index (χ3v) is 5.05. The van der Waals surface area contributed by atoms with Gasteiger partial charge in [0.25, 0.3) is 0 Å². The fourth-order valence-corrected chi connectivity index (χ4v) is 3.38. The minimum absolute atomic E-state index is 0.0253. The Morgan fingerprint density at radius 3 is 2.75 bits per heavy atom. The summed E-state index contributed by atoms with van der Waals surface area (Å²) in [5.41, 5.74) is 2.08. The summed E-state index contributed by atoms with van der Waals surface area (Å²) >= 11 is 0. The Labute approximate surface area is 161 Å². The van der Waals surface area contributed by atoms with Crippen LogP contribution >= 0.6 is 0 Å². The van der Waals surface area contributed by atoms with Crippen molar-refractivity contribution in [2.45, 2.75) is 52.1 Å². The lowest BCUT2D eigenvalue weighted by atomic mass is 10.1. The lowest BCUT2D eigenvalue weighted by molar-refractivity contribution is -0.131. The van der Waals surface area contributed by atoms with Crippen LogP contribution in [0.25, 0.3) is 0 Å². The number of carbonyl (C=O) groups is 2. The highest BCUT2D eigenvalue weighted by Crippen LogP contribution is 2.19. The molecular formula is C20H23F2N3O3. The van der Waals surface area contributed by atoms with E-state index in [4.69, 9.17) is 4.52 Å². The molecule has 0 spiro atoms. The second-order valence-electron chi connectivity index (χ2n) is 7.14. The molecule has 1 N–H and O–H groups in total. The molecule has 1 unspecified atom stereocenters. The molecule has 0 saturated carbocycles.